The molecule has 2 N–H and O–H groups in total. The molecule has 0 radical (unpaired) electrons. The van der Waals surface area contributed by atoms with Gasteiger partial charge in [-0.05, 0) is 19.1 Å². The van der Waals surface area contributed by atoms with Crippen LogP contribution in [0.15, 0.2) is 18.3 Å². The maximum atomic E-state index is 12.0. The molecule has 0 aliphatic rings. The minimum absolute atomic E-state index is 0.000676. The second kappa shape index (κ2) is 5.46. The Morgan fingerprint density at radius 1 is 1.69 bits per heavy atom. The average molecular weight is 223 g/mol. The number of nitrogens with two attached hydrogens (primary N) is 1. The summed E-state index contributed by atoms with van der Waals surface area (Å²) < 4.78 is 5.00. The molecule has 88 valence electrons. The lowest BCUT2D eigenvalue weighted by Crippen LogP contribution is -2.38. The van der Waals surface area contributed by atoms with Crippen LogP contribution in [0.4, 0.5) is 5.69 Å². The molecule has 0 fully saturated rings. The van der Waals surface area contributed by atoms with Gasteiger partial charge in [-0.1, -0.05) is 0 Å². The van der Waals surface area contributed by atoms with E-state index in [0.717, 1.165) is 0 Å². The molecule has 0 saturated carbocycles. The molecule has 5 heteroatoms. The Balaban J connectivity index is 2.77. The number of carbonyl (C=O) groups is 1. The molecule has 1 rings (SSSR count). The Kier molecular flexibility index (Phi) is 4.25. The number of nitrogens with zero attached hydrogens (tertiary/aromatic N) is 2. The highest BCUT2D eigenvalue weighted by atomic mass is 16.5. The minimum atomic E-state index is -0.156. The molecule has 0 aliphatic heterocycles. The van der Waals surface area contributed by atoms with Gasteiger partial charge in [0.15, 0.2) is 0 Å². The number of hydrogen-bond acceptors (Lipinski definition) is 4. The van der Waals surface area contributed by atoms with E-state index in [1.807, 2.05) is 6.92 Å². The fourth-order valence-electron chi connectivity index (χ4n) is 1.30. The van der Waals surface area contributed by atoms with Crippen LogP contribution in [0.5, 0.6) is 0 Å². The highest BCUT2D eigenvalue weighted by Crippen LogP contribution is 2.07. The quantitative estimate of drug-likeness (QED) is 0.818. The Morgan fingerprint density at radius 3 is 2.94 bits per heavy atom. The van der Waals surface area contributed by atoms with E-state index < -0.39 is 0 Å². The second-order valence-electron chi connectivity index (χ2n) is 3.69. The predicted molar refractivity (Wildman–Crippen MR) is 62.1 cm³/mol. The van der Waals surface area contributed by atoms with Crippen LogP contribution in [-0.2, 0) is 4.74 Å². The number of anilines is 1. The van der Waals surface area contributed by atoms with E-state index in [9.17, 15) is 4.79 Å². The number of ether oxygens (including phenoxy) is 1. The fraction of sp³-hybridized carbons (Fsp3) is 0.455. The van der Waals surface area contributed by atoms with Crippen molar-refractivity contribution in [3.8, 4) is 0 Å². The van der Waals surface area contributed by atoms with E-state index in [0.29, 0.717) is 18.0 Å². The molecule has 0 spiro atoms. The first-order chi connectivity index (χ1) is 7.56. The molecule has 1 atom stereocenters. The summed E-state index contributed by atoms with van der Waals surface area (Å²) in [7, 11) is 3.32. The average Bonchev–Trinajstić information content (AvgIpc) is 2.27. The Labute approximate surface area is 95.2 Å². The standard InChI is InChI=1S/C11H17N3O2/c1-8(7-16-3)14(2)11(15)10-6-9(12)4-5-13-10/h4-6,8H,7H2,1-3H3,(H2,12,13). The van der Waals surface area contributed by atoms with Gasteiger partial charge in [-0.25, -0.2) is 0 Å². The number of methoxy groups -OCH3 is 1. The molecule has 0 saturated heterocycles. The van der Waals surface area contributed by atoms with Gasteiger partial charge in [-0.15, -0.1) is 0 Å². The summed E-state index contributed by atoms with van der Waals surface area (Å²) in [6.07, 6.45) is 1.53. The van der Waals surface area contributed by atoms with Crippen molar-refractivity contribution in [3.05, 3.63) is 24.0 Å². The molecular weight excluding hydrogens is 206 g/mol. The van der Waals surface area contributed by atoms with Crippen molar-refractivity contribution in [2.45, 2.75) is 13.0 Å². The van der Waals surface area contributed by atoms with Crippen LogP contribution in [0.2, 0.25) is 0 Å². The van der Waals surface area contributed by atoms with Crippen molar-refractivity contribution in [1.29, 1.82) is 0 Å². The van der Waals surface area contributed by atoms with Gasteiger partial charge in [0.1, 0.15) is 5.69 Å². The van der Waals surface area contributed by atoms with E-state index in [4.69, 9.17) is 10.5 Å². The lowest BCUT2D eigenvalue weighted by Gasteiger charge is -2.23. The van der Waals surface area contributed by atoms with Gasteiger partial charge in [-0.3, -0.25) is 9.78 Å². The van der Waals surface area contributed by atoms with Crippen molar-refractivity contribution in [1.82, 2.24) is 9.88 Å². The van der Waals surface area contributed by atoms with Gasteiger partial charge in [0.2, 0.25) is 0 Å². The van der Waals surface area contributed by atoms with Crippen molar-refractivity contribution < 1.29 is 9.53 Å². The van der Waals surface area contributed by atoms with E-state index in [2.05, 4.69) is 4.98 Å². The third-order valence-corrected chi connectivity index (χ3v) is 2.39. The first kappa shape index (κ1) is 12.4. The molecular formula is C11H17N3O2. The van der Waals surface area contributed by atoms with Crippen molar-refractivity contribution >= 4 is 11.6 Å². The third kappa shape index (κ3) is 2.93. The molecule has 16 heavy (non-hydrogen) atoms. The Hall–Kier alpha value is -1.62. The summed E-state index contributed by atoms with van der Waals surface area (Å²) >= 11 is 0. The summed E-state index contributed by atoms with van der Waals surface area (Å²) in [6.45, 7) is 2.40. The van der Waals surface area contributed by atoms with E-state index in [1.165, 1.54) is 6.20 Å². The number of aromatic nitrogens is 1. The van der Waals surface area contributed by atoms with Crippen LogP contribution in [-0.4, -0.2) is 42.6 Å². The molecule has 1 aromatic heterocycles. The van der Waals surface area contributed by atoms with E-state index >= 15 is 0 Å². The molecule has 1 amide bonds. The van der Waals surface area contributed by atoms with Crippen molar-refractivity contribution in [2.75, 3.05) is 26.5 Å². The van der Waals surface area contributed by atoms with Gasteiger partial charge >= 0.3 is 0 Å². The molecule has 0 aromatic carbocycles. The van der Waals surface area contributed by atoms with Crippen LogP contribution in [0.1, 0.15) is 17.4 Å². The highest BCUT2D eigenvalue weighted by molar-refractivity contribution is 5.93. The predicted octanol–water partition coefficient (Wildman–Crippen LogP) is 0.771. The first-order valence-corrected chi connectivity index (χ1v) is 5.04. The van der Waals surface area contributed by atoms with Crippen LogP contribution in [0, 0.1) is 0 Å². The van der Waals surface area contributed by atoms with E-state index in [1.54, 1.807) is 31.2 Å². The van der Waals surface area contributed by atoms with Crippen LogP contribution in [0.3, 0.4) is 0 Å². The number of likely N-dealkylation sites (N-methyl/N-ethyl adjacent to an activating group) is 1. The minimum Gasteiger partial charge on any atom is -0.399 e. The Bertz CT molecular complexity index is 368. The zero-order valence-corrected chi connectivity index (χ0v) is 9.80. The molecule has 0 aliphatic carbocycles. The lowest BCUT2D eigenvalue weighted by atomic mass is 10.2. The number of carbonyl (C=O) groups excluding carboxylic acids is 1. The molecule has 1 aromatic rings. The van der Waals surface area contributed by atoms with Gasteiger partial charge in [0.25, 0.3) is 5.91 Å². The number of hydrogen-bond donors (Lipinski definition) is 1. The molecule has 1 heterocycles. The summed E-state index contributed by atoms with van der Waals surface area (Å²) in [5, 5.41) is 0. The monoisotopic (exact) mass is 223 g/mol. The number of nitrogen functional groups attached to an aromatic ring is 1. The van der Waals surface area contributed by atoms with E-state index in [-0.39, 0.29) is 11.9 Å². The summed E-state index contributed by atoms with van der Waals surface area (Å²) in [6, 6.07) is 3.22. The fourth-order valence-corrected chi connectivity index (χ4v) is 1.30. The number of pyridine rings is 1. The normalized spacial score (nSPS) is 12.2. The summed E-state index contributed by atoms with van der Waals surface area (Å²) in [5.41, 5.74) is 6.48. The zero-order chi connectivity index (χ0) is 12.1. The SMILES string of the molecule is COCC(C)N(C)C(=O)c1cc(N)ccn1. The smallest absolute Gasteiger partial charge is 0.272 e. The number of amides is 1. The largest absolute Gasteiger partial charge is 0.399 e. The molecule has 1 unspecified atom stereocenters. The summed E-state index contributed by atoms with van der Waals surface area (Å²) in [5.74, 6) is -0.156. The lowest BCUT2D eigenvalue weighted by molar-refractivity contribution is 0.0628. The van der Waals surface area contributed by atoms with Crippen LogP contribution in [0.25, 0.3) is 0 Å². The Morgan fingerprint density at radius 2 is 2.38 bits per heavy atom. The van der Waals surface area contributed by atoms with Crippen molar-refractivity contribution in [2.24, 2.45) is 0 Å². The molecule has 0 bridgehead atoms. The van der Waals surface area contributed by atoms with Gasteiger partial charge in [0.05, 0.1) is 12.6 Å². The van der Waals surface area contributed by atoms with Crippen LogP contribution >= 0.6 is 0 Å². The van der Waals surface area contributed by atoms with Crippen LogP contribution < -0.4 is 5.73 Å². The zero-order valence-electron chi connectivity index (χ0n) is 9.80. The topological polar surface area (TPSA) is 68.5 Å². The van der Waals surface area contributed by atoms with Gasteiger partial charge in [0, 0.05) is 26.0 Å². The molecule has 5 nitrogen and oxygen atoms in total. The van der Waals surface area contributed by atoms with Crippen molar-refractivity contribution in [3.63, 3.8) is 0 Å². The number of rotatable bonds is 4. The summed E-state index contributed by atoms with van der Waals surface area (Å²) in [4.78, 5) is 17.5. The highest BCUT2D eigenvalue weighted by Gasteiger charge is 2.18. The third-order valence-electron chi connectivity index (χ3n) is 2.39. The maximum Gasteiger partial charge on any atom is 0.272 e. The second-order valence-corrected chi connectivity index (χ2v) is 3.69. The van der Waals surface area contributed by atoms with Gasteiger partial charge in [-0.2, -0.15) is 0 Å². The van der Waals surface area contributed by atoms with Gasteiger partial charge < -0.3 is 15.4 Å². The first-order valence-electron chi connectivity index (χ1n) is 5.04. The maximum absolute atomic E-state index is 12.0.